The molecule has 3 rings (SSSR count). The number of aromatic carboxylic acids is 1. The molecule has 4 heteroatoms. The van der Waals surface area contributed by atoms with Gasteiger partial charge in [-0.05, 0) is 43.2 Å². The number of rotatable bonds is 2. The summed E-state index contributed by atoms with van der Waals surface area (Å²) in [7, 11) is 0. The van der Waals surface area contributed by atoms with Gasteiger partial charge in [-0.2, -0.15) is 0 Å². The van der Waals surface area contributed by atoms with Crippen LogP contribution >= 0.6 is 0 Å². The topological polar surface area (TPSA) is 63.1 Å². The van der Waals surface area contributed by atoms with Crippen molar-refractivity contribution in [1.29, 1.82) is 0 Å². The molecule has 0 atom stereocenters. The van der Waals surface area contributed by atoms with E-state index in [4.69, 9.17) is 0 Å². The summed E-state index contributed by atoms with van der Waals surface area (Å²) in [4.78, 5) is 20.2. The first-order chi connectivity index (χ1) is 10.1. The second kappa shape index (κ2) is 4.98. The maximum Gasteiger partial charge on any atom is 0.336 e. The quantitative estimate of drug-likeness (QED) is 0.777. The minimum absolute atomic E-state index is 0.273. The van der Waals surface area contributed by atoms with E-state index in [0.717, 1.165) is 22.2 Å². The van der Waals surface area contributed by atoms with Crippen molar-refractivity contribution in [2.45, 2.75) is 13.8 Å². The summed E-state index contributed by atoms with van der Waals surface area (Å²) in [6, 6.07) is 9.02. The van der Waals surface area contributed by atoms with Crippen LogP contribution in [0.4, 0.5) is 0 Å². The monoisotopic (exact) mass is 278 g/mol. The number of benzene rings is 1. The van der Waals surface area contributed by atoms with Crippen LogP contribution in [0.2, 0.25) is 0 Å². The molecular formula is C17H14N2O2. The van der Waals surface area contributed by atoms with Gasteiger partial charge in [0.05, 0.1) is 16.8 Å². The molecule has 0 radical (unpaired) electrons. The van der Waals surface area contributed by atoms with Crippen LogP contribution in [-0.2, 0) is 0 Å². The number of hydrogen-bond donors (Lipinski definition) is 1. The van der Waals surface area contributed by atoms with E-state index in [1.165, 1.54) is 0 Å². The predicted molar refractivity (Wildman–Crippen MR) is 81.4 cm³/mol. The summed E-state index contributed by atoms with van der Waals surface area (Å²) in [5, 5.41) is 10.1. The molecule has 1 aromatic carbocycles. The average molecular weight is 278 g/mol. The molecule has 0 spiro atoms. The molecule has 2 aromatic heterocycles. The lowest BCUT2D eigenvalue weighted by Gasteiger charge is -2.10. The molecule has 0 aliphatic rings. The molecule has 0 amide bonds. The third-order valence-electron chi connectivity index (χ3n) is 3.71. The number of fused-ring (bicyclic) bond motifs is 1. The minimum atomic E-state index is -0.944. The highest BCUT2D eigenvalue weighted by molar-refractivity contribution is 6.04. The minimum Gasteiger partial charge on any atom is -0.478 e. The van der Waals surface area contributed by atoms with Crippen LogP contribution < -0.4 is 0 Å². The summed E-state index contributed by atoms with van der Waals surface area (Å²) in [5.74, 6) is -0.944. The maximum absolute atomic E-state index is 11.6. The smallest absolute Gasteiger partial charge is 0.336 e. The Balaban J connectivity index is 2.39. The molecule has 3 aromatic rings. The van der Waals surface area contributed by atoms with Gasteiger partial charge in [0.25, 0.3) is 0 Å². The Bertz CT molecular complexity index is 842. The maximum atomic E-state index is 11.6. The highest BCUT2D eigenvalue weighted by Crippen LogP contribution is 2.27. The Kier molecular flexibility index (Phi) is 3.14. The van der Waals surface area contributed by atoms with Crippen LogP contribution in [-0.4, -0.2) is 21.0 Å². The zero-order valence-electron chi connectivity index (χ0n) is 11.8. The zero-order valence-corrected chi connectivity index (χ0v) is 11.8. The number of carboxylic acid groups (broad SMARTS) is 1. The normalized spacial score (nSPS) is 10.8. The van der Waals surface area contributed by atoms with E-state index in [9.17, 15) is 9.90 Å². The van der Waals surface area contributed by atoms with Crippen LogP contribution in [0.15, 0.2) is 42.7 Å². The summed E-state index contributed by atoms with van der Waals surface area (Å²) in [6.07, 6.45) is 3.34. The van der Waals surface area contributed by atoms with E-state index in [2.05, 4.69) is 9.97 Å². The second-order valence-electron chi connectivity index (χ2n) is 5.00. The summed E-state index contributed by atoms with van der Waals surface area (Å²) in [6.45, 7) is 3.96. The van der Waals surface area contributed by atoms with Crippen molar-refractivity contribution in [3.63, 3.8) is 0 Å². The molecule has 1 N–H and O–H groups in total. The van der Waals surface area contributed by atoms with Crippen LogP contribution in [0.25, 0.3) is 22.2 Å². The third-order valence-corrected chi connectivity index (χ3v) is 3.71. The van der Waals surface area contributed by atoms with Crippen molar-refractivity contribution >= 4 is 16.9 Å². The van der Waals surface area contributed by atoms with Gasteiger partial charge >= 0.3 is 5.97 Å². The van der Waals surface area contributed by atoms with Crippen molar-refractivity contribution in [2.75, 3.05) is 0 Å². The van der Waals surface area contributed by atoms with Crippen LogP contribution in [0.3, 0.4) is 0 Å². The Morgan fingerprint density at radius 1 is 1.10 bits per heavy atom. The fraction of sp³-hybridized carbons (Fsp3) is 0.118. The molecule has 2 heterocycles. The van der Waals surface area contributed by atoms with Crippen molar-refractivity contribution < 1.29 is 9.90 Å². The average Bonchev–Trinajstić information content (AvgIpc) is 2.51. The van der Waals surface area contributed by atoms with E-state index in [1.54, 1.807) is 18.5 Å². The standard InChI is InChI=1S/C17H14N2O2/c1-10-3-4-13-14(17(20)21)9-15(19-16(13)11(10)2)12-5-7-18-8-6-12/h3-9H,1-2H3,(H,20,21). The van der Waals surface area contributed by atoms with Crippen molar-refractivity contribution in [3.8, 4) is 11.3 Å². The number of carboxylic acids is 1. The molecule has 0 unspecified atom stereocenters. The number of aromatic nitrogens is 2. The molecule has 104 valence electrons. The van der Waals surface area contributed by atoms with E-state index in [0.29, 0.717) is 11.1 Å². The molecule has 4 nitrogen and oxygen atoms in total. The molecule has 0 saturated heterocycles. The van der Waals surface area contributed by atoms with E-state index in [-0.39, 0.29) is 5.56 Å². The van der Waals surface area contributed by atoms with Crippen LogP contribution in [0.1, 0.15) is 21.5 Å². The predicted octanol–water partition coefficient (Wildman–Crippen LogP) is 3.61. The summed E-state index contributed by atoms with van der Waals surface area (Å²) in [5.41, 5.74) is 4.62. The first kappa shape index (κ1) is 13.2. The van der Waals surface area contributed by atoms with Gasteiger partial charge in [0, 0.05) is 23.3 Å². The van der Waals surface area contributed by atoms with Crippen molar-refractivity contribution in [2.24, 2.45) is 0 Å². The SMILES string of the molecule is Cc1ccc2c(C(=O)O)cc(-c3ccncc3)nc2c1C. The highest BCUT2D eigenvalue weighted by Gasteiger charge is 2.14. The molecule has 0 fully saturated rings. The Morgan fingerprint density at radius 3 is 2.48 bits per heavy atom. The zero-order chi connectivity index (χ0) is 15.0. The molecule has 0 saturated carbocycles. The van der Waals surface area contributed by atoms with E-state index < -0.39 is 5.97 Å². The lowest BCUT2D eigenvalue weighted by Crippen LogP contribution is -2.02. The Morgan fingerprint density at radius 2 is 1.81 bits per heavy atom. The van der Waals surface area contributed by atoms with Crippen molar-refractivity contribution in [1.82, 2.24) is 9.97 Å². The number of aryl methyl sites for hydroxylation is 2. The van der Waals surface area contributed by atoms with Gasteiger partial charge in [0.1, 0.15) is 0 Å². The van der Waals surface area contributed by atoms with Crippen LogP contribution in [0.5, 0.6) is 0 Å². The fourth-order valence-corrected chi connectivity index (χ4v) is 2.38. The Labute approximate surface area is 122 Å². The van der Waals surface area contributed by atoms with Gasteiger partial charge < -0.3 is 5.11 Å². The van der Waals surface area contributed by atoms with Gasteiger partial charge in [-0.15, -0.1) is 0 Å². The molecular weight excluding hydrogens is 264 g/mol. The Hall–Kier alpha value is -2.75. The largest absolute Gasteiger partial charge is 0.478 e. The van der Waals surface area contributed by atoms with E-state index in [1.807, 2.05) is 38.1 Å². The van der Waals surface area contributed by atoms with Crippen LogP contribution in [0, 0.1) is 13.8 Å². The van der Waals surface area contributed by atoms with Crippen molar-refractivity contribution in [3.05, 3.63) is 59.4 Å². The highest BCUT2D eigenvalue weighted by atomic mass is 16.4. The van der Waals surface area contributed by atoms with E-state index >= 15 is 0 Å². The first-order valence-corrected chi connectivity index (χ1v) is 6.62. The number of pyridine rings is 2. The molecule has 0 bridgehead atoms. The molecule has 0 aliphatic heterocycles. The van der Waals surface area contributed by atoms with Gasteiger partial charge in [-0.3, -0.25) is 4.98 Å². The van der Waals surface area contributed by atoms with Gasteiger partial charge in [0.2, 0.25) is 0 Å². The lowest BCUT2D eigenvalue weighted by atomic mass is 9.99. The summed E-state index contributed by atoms with van der Waals surface area (Å²) < 4.78 is 0. The lowest BCUT2D eigenvalue weighted by molar-refractivity contribution is 0.0699. The van der Waals surface area contributed by atoms with Gasteiger partial charge in [-0.1, -0.05) is 12.1 Å². The number of carbonyl (C=O) groups is 1. The summed E-state index contributed by atoms with van der Waals surface area (Å²) >= 11 is 0. The molecule has 21 heavy (non-hydrogen) atoms. The second-order valence-corrected chi connectivity index (χ2v) is 5.00. The number of nitrogens with zero attached hydrogens (tertiary/aromatic N) is 2. The first-order valence-electron chi connectivity index (χ1n) is 6.62. The molecule has 0 aliphatic carbocycles. The number of hydrogen-bond acceptors (Lipinski definition) is 3. The van der Waals surface area contributed by atoms with Gasteiger partial charge in [0.15, 0.2) is 0 Å². The van der Waals surface area contributed by atoms with Gasteiger partial charge in [-0.25, -0.2) is 9.78 Å². The fourth-order valence-electron chi connectivity index (χ4n) is 2.38. The third kappa shape index (κ3) is 2.25.